The molecule has 0 saturated carbocycles. The Morgan fingerprint density at radius 2 is 2.00 bits per heavy atom. The molecular weight excluding hydrogens is 312 g/mol. The van der Waals surface area contributed by atoms with Gasteiger partial charge in [0, 0.05) is 17.7 Å². The topological polar surface area (TPSA) is 27.1 Å². The van der Waals surface area contributed by atoms with Gasteiger partial charge in [-0.1, -0.05) is 12.1 Å². The summed E-state index contributed by atoms with van der Waals surface area (Å²) in [6.07, 6.45) is -3.05. The van der Waals surface area contributed by atoms with E-state index in [1.165, 1.54) is 10.7 Å². The van der Waals surface area contributed by atoms with Crippen LogP contribution in [-0.2, 0) is 30.4 Å². The fourth-order valence-electron chi connectivity index (χ4n) is 3.59. The molecule has 0 spiro atoms. The van der Waals surface area contributed by atoms with E-state index in [9.17, 15) is 17.6 Å². The highest BCUT2D eigenvalue weighted by atomic mass is 19.4. The SMILES string of the molecule is Fc1cccc2c1CCC2n1nc(C(F)(F)F)c2c1CCOC2. The molecule has 2 aromatic rings. The molecule has 0 bridgehead atoms. The van der Waals surface area contributed by atoms with Crippen LogP contribution in [-0.4, -0.2) is 16.4 Å². The van der Waals surface area contributed by atoms with Crippen LogP contribution >= 0.6 is 0 Å². The van der Waals surface area contributed by atoms with Gasteiger partial charge in [-0.3, -0.25) is 4.68 Å². The van der Waals surface area contributed by atoms with Crippen molar-refractivity contribution in [1.82, 2.24) is 9.78 Å². The van der Waals surface area contributed by atoms with Crippen molar-refractivity contribution in [3.8, 4) is 0 Å². The van der Waals surface area contributed by atoms with Crippen LogP contribution in [0.4, 0.5) is 17.6 Å². The molecule has 1 aliphatic heterocycles. The van der Waals surface area contributed by atoms with Gasteiger partial charge in [-0.2, -0.15) is 18.3 Å². The van der Waals surface area contributed by atoms with E-state index in [1.807, 2.05) is 0 Å². The van der Waals surface area contributed by atoms with Crippen molar-refractivity contribution >= 4 is 0 Å². The number of nitrogens with zero attached hydrogens (tertiary/aromatic N) is 2. The van der Waals surface area contributed by atoms with Gasteiger partial charge in [-0.25, -0.2) is 4.39 Å². The number of fused-ring (bicyclic) bond motifs is 2. The van der Waals surface area contributed by atoms with E-state index in [1.54, 1.807) is 12.1 Å². The lowest BCUT2D eigenvalue weighted by molar-refractivity contribution is -0.142. The Labute approximate surface area is 129 Å². The van der Waals surface area contributed by atoms with Gasteiger partial charge in [0.05, 0.1) is 19.3 Å². The third-order valence-corrected chi connectivity index (χ3v) is 4.59. The number of hydrogen-bond acceptors (Lipinski definition) is 2. The molecule has 7 heteroatoms. The normalized spacial score (nSPS) is 20.4. The van der Waals surface area contributed by atoms with Crippen molar-refractivity contribution in [2.45, 2.75) is 38.1 Å². The van der Waals surface area contributed by atoms with Crippen molar-refractivity contribution in [2.75, 3.05) is 6.61 Å². The molecular formula is C16H14F4N2O. The van der Waals surface area contributed by atoms with Crippen LogP contribution in [0.15, 0.2) is 18.2 Å². The lowest BCUT2D eigenvalue weighted by Gasteiger charge is -2.19. The van der Waals surface area contributed by atoms with Gasteiger partial charge >= 0.3 is 6.18 Å². The summed E-state index contributed by atoms with van der Waals surface area (Å²) in [6.45, 7) is 0.297. The summed E-state index contributed by atoms with van der Waals surface area (Å²) in [6, 6.07) is 4.41. The highest BCUT2D eigenvalue weighted by Gasteiger charge is 2.41. The predicted octanol–water partition coefficient (Wildman–Crippen LogP) is 3.65. The third kappa shape index (κ3) is 2.25. The Morgan fingerprint density at radius 3 is 2.78 bits per heavy atom. The van der Waals surface area contributed by atoms with Crippen LogP contribution in [0, 0.1) is 5.82 Å². The monoisotopic (exact) mass is 326 g/mol. The summed E-state index contributed by atoms with van der Waals surface area (Å²) in [7, 11) is 0. The Hall–Kier alpha value is -1.89. The number of halogens is 4. The van der Waals surface area contributed by atoms with E-state index in [4.69, 9.17) is 4.74 Å². The predicted molar refractivity (Wildman–Crippen MR) is 73.4 cm³/mol. The van der Waals surface area contributed by atoms with Gasteiger partial charge in [-0.15, -0.1) is 0 Å². The number of hydrogen-bond donors (Lipinski definition) is 0. The summed E-state index contributed by atoms with van der Waals surface area (Å²) in [4.78, 5) is 0. The molecule has 1 unspecified atom stereocenters. The van der Waals surface area contributed by atoms with E-state index < -0.39 is 11.9 Å². The highest BCUT2D eigenvalue weighted by molar-refractivity contribution is 5.38. The zero-order chi connectivity index (χ0) is 16.2. The van der Waals surface area contributed by atoms with Crippen LogP contribution in [0.1, 0.15) is 40.5 Å². The second-order valence-electron chi connectivity index (χ2n) is 5.88. The lowest BCUT2D eigenvalue weighted by atomic mass is 10.1. The second kappa shape index (κ2) is 5.06. The summed E-state index contributed by atoms with van der Waals surface area (Å²) < 4.78 is 60.3. The molecule has 3 nitrogen and oxygen atoms in total. The number of rotatable bonds is 1. The second-order valence-corrected chi connectivity index (χ2v) is 5.88. The molecule has 23 heavy (non-hydrogen) atoms. The van der Waals surface area contributed by atoms with E-state index >= 15 is 0 Å². The number of benzene rings is 1. The fourth-order valence-corrected chi connectivity index (χ4v) is 3.59. The van der Waals surface area contributed by atoms with Gasteiger partial charge < -0.3 is 4.74 Å². The summed E-state index contributed by atoms with van der Waals surface area (Å²) >= 11 is 0. The summed E-state index contributed by atoms with van der Waals surface area (Å²) in [5, 5.41) is 3.86. The average molecular weight is 326 g/mol. The minimum absolute atomic E-state index is 0.0765. The van der Waals surface area contributed by atoms with Crippen molar-refractivity contribution in [1.29, 1.82) is 0 Å². The molecule has 2 heterocycles. The van der Waals surface area contributed by atoms with Crippen LogP contribution in [0.5, 0.6) is 0 Å². The van der Waals surface area contributed by atoms with Gasteiger partial charge in [0.15, 0.2) is 5.69 Å². The first-order chi connectivity index (χ1) is 11.0. The van der Waals surface area contributed by atoms with Crippen molar-refractivity contribution in [2.24, 2.45) is 0 Å². The Bertz CT molecular complexity index is 766. The van der Waals surface area contributed by atoms with Gasteiger partial charge in [0.25, 0.3) is 0 Å². The molecule has 0 N–H and O–H groups in total. The molecule has 0 amide bonds. The van der Waals surface area contributed by atoms with Crippen molar-refractivity contribution in [3.63, 3.8) is 0 Å². The van der Waals surface area contributed by atoms with Crippen LogP contribution in [0.2, 0.25) is 0 Å². The Balaban J connectivity index is 1.86. The fraction of sp³-hybridized carbons (Fsp3) is 0.438. The zero-order valence-corrected chi connectivity index (χ0v) is 12.2. The molecule has 0 saturated heterocycles. The van der Waals surface area contributed by atoms with Crippen molar-refractivity contribution < 1.29 is 22.3 Å². The quantitative estimate of drug-likeness (QED) is 0.748. The maximum absolute atomic E-state index is 13.9. The average Bonchev–Trinajstić information content (AvgIpc) is 3.08. The van der Waals surface area contributed by atoms with E-state index in [0.717, 1.165) is 5.56 Å². The molecule has 4 rings (SSSR count). The zero-order valence-electron chi connectivity index (χ0n) is 12.2. The van der Waals surface area contributed by atoms with Crippen LogP contribution in [0.3, 0.4) is 0 Å². The molecule has 0 fully saturated rings. The smallest absolute Gasteiger partial charge is 0.376 e. The molecule has 2 aliphatic rings. The van der Waals surface area contributed by atoms with E-state index in [2.05, 4.69) is 5.10 Å². The first-order valence-electron chi connectivity index (χ1n) is 7.49. The Kier molecular flexibility index (Phi) is 3.23. The van der Waals surface area contributed by atoms with Crippen molar-refractivity contribution in [3.05, 3.63) is 52.1 Å². The van der Waals surface area contributed by atoms with E-state index in [-0.39, 0.29) is 24.0 Å². The molecule has 1 aromatic heterocycles. The van der Waals surface area contributed by atoms with Gasteiger partial charge in [0.1, 0.15) is 5.82 Å². The highest BCUT2D eigenvalue weighted by Crippen LogP contribution is 2.40. The minimum Gasteiger partial charge on any atom is -0.376 e. The first-order valence-corrected chi connectivity index (χ1v) is 7.49. The number of aromatic nitrogens is 2. The molecule has 1 aliphatic carbocycles. The Morgan fingerprint density at radius 1 is 1.17 bits per heavy atom. The standard InChI is InChI=1S/C16H14F4N2O/c17-12-3-1-2-10-9(12)4-5-13(10)22-14-6-7-23-8-11(14)15(21-22)16(18,19)20/h1-3,13H,4-8H2. The van der Waals surface area contributed by atoms with Gasteiger partial charge in [0.2, 0.25) is 0 Å². The summed E-state index contributed by atoms with van der Waals surface area (Å²) in [5.74, 6) is -0.301. The lowest BCUT2D eigenvalue weighted by Crippen LogP contribution is -2.17. The van der Waals surface area contributed by atoms with Gasteiger partial charge in [-0.05, 0) is 30.0 Å². The maximum atomic E-state index is 13.9. The molecule has 0 radical (unpaired) electrons. The minimum atomic E-state index is -4.51. The first kappa shape index (κ1) is 14.7. The number of alkyl halides is 3. The summed E-state index contributed by atoms with van der Waals surface area (Å²) in [5.41, 5.74) is 1.12. The number of ether oxygens (including phenoxy) is 1. The maximum Gasteiger partial charge on any atom is 0.435 e. The third-order valence-electron chi connectivity index (χ3n) is 4.59. The van der Waals surface area contributed by atoms with Crippen LogP contribution < -0.4 is 0 Å². The molecule has 1 aromatic carbocycles. The van der Waals surface area contributed by atoms with E-state index in [0.29, 0.717) is 37.1 Å². The molecule has 122 valence electrons. The molecule has 1 atom stereocenters. The van der Waals surface area contributed by atoms with Crippen LogP contribution in [0.25, 0.3) is 0 Å². The largest absolute Gasteiger partial charge is 0.435 e.